The zero-order chi connectivity index (χ0) is 26.2. The standard InChI is InChI=1S/C27H29ClN4O5/c1-4-22-12-19-11-21(9-10-23(19)37-22)29-24-30-25(33)32(14-18-15-35-27(2,3)36-16-18)26(34)31(24)13-17-5-7-20(28)8-6-17/h5-12,18H,4,13-16H2,1-3H3,(H,29,30,33). The van der Waals surface area contributed by atoms with E-state index in [1.807, 2.05) is 57.2 Å². The van der Waals surface area contributed by atoms with E-state index in [4.69, 9.17) is 25.5 Å². The van der Waals surface area contributed by atoms with Crippen LogP contribution >= 0.6 is 11.6 Å². The van der Waals surface area contributed by atoms with Gasteiger partial charge in [0.25, 0.3) is 0 Å². The first-order valence-corrected chi connectivity index (χ1v) is 12.6. The molecule has 4 aromatic rings. The Morgan fingerprint density at radius 3 is 2.49 bits per heavy atom. The second-order valence-electron chi connectivity index (χ2n) is 9.66. The van der Waals surface area contributed by atoms with Gasteiger partial charge in [-0.2, -0.15) is 4.98 Å². The summed E-state index contributed by atoms with van der Waals surface area (Å²) in [5, 5.41) is 4.68. The van der Waals surface area contributed by atoms with Gasteiger partial charge in [0.2, 0.25) is 5.95 Å². The number of ether oxygens (including phenoxy) is 2. The maximum atomic E-state index is 13.7. The van der Waals surface area contributed by atoms with Crippen molar-refractivity contribution in [3.05, 3.63) is 85.8 Å². The third kappa shape index (κ3) is 5.64. The van der Waals surface area contributed by atoms with Crippen LogP contribution in [-0.4, -0.2) is 33.1 Å². The van der Waals surface area contributed by atoms with Gasteiger partial charge in [-0.25, -0.2) is 14.2 Å². The van der Waals surface area contributed by atoms with Crippen molar-refractivity contribution in [2.75, 3.05) is 18.5 Å². The molecule has 1 saturated heterocycles. The average molecular weight is 525 g/mol. The van der Waals surface area contributed by atoms with E-state index in [2.05, 4.69) is 10.3 Å². The van der Waals surface area contributed by atoms with E-state index < -0.39 is 17.2 Å². The molecular weight excluding hydrogens is 496 g/mol. The molecule has 1 N–H and O–H groups in total. The molecule has 2 aromatic carbocycles. The van der Waals surface area contributed by atoms with Crippen LogP contribution in [0.4, 0.5) is 11.6 Å². The molecule has 0 aliphatic carbocycles. The van der Waals surface area contributed by atoms with Crippen molar-refractivity contribution in [2.24, 2.45) is 5.92 Å². The number of nitrogens with one attached hydrogen (secondary N) is 1. The van der Waals surface area contributed by atoms with Crippen LogP contribution in [0.15, 0.2) is 62.5 Å². The van der Waals surface area contributed by atoms with Crippen LogP contribution in [0.25, 0.3) is 11.0 Å². The van der Waals surface area contributed by atoms with Crippen LogP contribution in [0, 0.1) is 5.92 Å². The van der Waals surface area contributed by atoms with Gasteiger partial charge in [-0.1, -0.05) is 30.7 Å². The molecule has 1 fully saturated rings. The van der Waals surface area contributed by atoms with E-state index in [0.717, 1.165) is 33.3 Å². The van der Waals surface area contributed by atoms with E-state index >= 15 is 0 Å². The Labute approximate surface area is 218 Å². The summed E-state index contributed by atoms with van der Waals surface area (Å²) in [7, 11) is 0. The molecule has 5 rings (SSSR count). The molecular formula is C27H29ClN4O5. The largest absolute Gasteiger partial charge is 0.461 e. The highest BCUT2D eigenvalue weighted by atomic mass is 35.5. The van der Waals surface area contributed by atoms with E-state index in [1.165, 1.54) is 4.57 Å². The van der Waals surface area contributed by atoms with Crippen molar-refractivity contribution in [1.82, 2.24) is 14.1 Å². The highest BCUT2D eigenvalue weighted by Crippen LogP contribution is 2.25. The summed E-state index contributed by atoms with van der Waals surface area (Å²) in [5.74, 6) is 0.193. The summed E-state index contributed by atoms with van der Waals surface area (Å²) in [4.78, 5) is 31.0. The Morgan fingerprint density at radius 2 is 1.78 bits per heavy atom. The molecule has 2 aromatic heterocycles. The lowest BCUT2D eigenvalue weighted by atomic mass is 10.1. The predicted molar refractivity (Wildman–Crippen MR) is 142 cm³/mol. The van der Waals surface area contributed by atoms with Crippen LogP contribution in [-0.2, 0) is 29.0 Å². The molecule has 37 heavy (non-hydrogen) atoms. The average Bonchev–Trinajstić information content (AvgIpc) is 3.29. The molecule has 0 radical (unpaired) electrons. The maximum absolute atomic E-state index is 13.7. The number of aryl methyl sites for hydroxylation is 1. The number of fused-ring (bicyclic) bond motifs is 1. The van der Waals surface area contributed by atoms with Crippen LogP contribution in [0.5, 0.6) is 0 Å². The second-order valence-corrected chi connectivity index (χ2v) is 10.1. The number of nitrogens with zero attached hydrogens (tertiary/aromatic N) is 3. The predicted octanol–water partition coefficient (Wildman–Crippen LogP) is 4.56. The normalized spacial score (nSPS) is 15.8. The first-order chi connectivity index (χ1) is 17.7. The third-order valence-electron chi connectivity index (χ3n) is 6.35. The van der Waals surface area contributed by atoms with Crippen molar-refractivity contribution in [3.8, 4) is 0 Å². The minimum Gasteiger partial charge on any atom is -0.461 e. The Hall–Kier alpha value is -3.40. The lowest BCUT2D eigenvalue weighted by molar-refractivity contribution is -0.263. The fourth-order valence-corrected chi connectivity index (χ4v) is 4.39. The van der Waals surface area contributed by atoms with E-state index in [1.54, 1.807) is 12.1 Å². The molecule has 10 heteroatoms. The van der Waals surface area contributed by atoms with Crippen molar-refractivity contribution in [1.29, 1.82) is 0 Å². The zero-order valence-electron chi connectivity index (χ0n) is 21.0. The van der Waals surface area contributed by atoms with Gasteiger partial charge in [-0.15, -0.1) is 0 Å². The topological polar surface area (TPSA) is 101 Å². The lowest BCUT2D eigenvalue weighted by Gasteiger charge is -2.35. The molecule has 0 atom stereocenters. The summed E-state index contributed by atoms with van der Waals surface area (Å²) in [6.07, 6.45) is 0.784. The molecule has 0 bridgehead atoms. The summed E-state index contributed by atoms with van der Waals surface area (Å²) >= 11 is 6.05. The summed E-state index contributed by atoms with van der Waals surface area (Å²) in [6, 6.07) is 14.7. The molecule has 1 aliphatic heterocycles. The fraction of sp³-hybridized carbons (Fsp3) is 0.370. The molecule has 3 heterocycles. The number of hydrogen-bond donors (Lipinski definition) is 1. The Morgan fingerprint density at radius 1 is 1.05 bits per heavy atom. The Bertz CT molecular complexity index is 1530. The molecule has 0 amide bonds. The second kappa shape index (κ2) is 10.2. The van der Waals surface area contributed by atoms with E-state index in [0.29, 0.717) is 23.9 Å². The first-order valence-electron chi connectivity index (χ1n) is 12.2. The van der Waals surface area contributed by atoms with Gasteiger partial charge in [0.05, 0.1) is 19.8 Å². The number of anilines is 2. The summed E-state index contributed by atoms with van der Waals surface area (Å²) in [6.45, 7) is 6.78. The highest BCUT2D eigenvalue weighted by Gasteiger charge is 2.29. The van der Waals surface area contributed by atoms with Crippen LogP contribution < -0.4 is 16.7 Å². The number of benzene rings is 2. The minimum absolute atomic E-state index is 0.141. The molecule has 0 spiro atoms. The fourth-order valence-electron chi connectivity index (χ4n) is 4.27. The number of hydrogen-bond acceptors (Lipinski definition) is 7. The summed E-state index contributed by atoms with van der Waals surface area (Å²) < 4.78 is 19.8. The highest BCUT2D eigenvalue weighted by molar-refractivity contribution is 6.30. The smallest absolute Gasteiger partial charge is 0.354 e. The van der Waals surface area contributed by atoms with Crippen molar-refractivity contribution < 1.29 is 13.9 Å². The third-order valence-corrected chi connectivity index (χ3v) is 6.60. The van der Waals surface area contributed by atoms with Gasteiger partial charge in [-0.3, -0.25) is 4.57 Å². The molecule has 1 aliphatic rings. The summed E-state index contributed by atoms with van der Waals surface area (Å²) in [5.41, 5.74) is 1.18. The van der Waals surface area contributed by atoms with Gasteiger partial charge in [-0.05, 0) is 55.8 Å². The van der Waals surface area contributed by atoms with Gasteiger partial charge < -0.3 is 19.2 Å². The SMILES string of the molecule is CCc1cc2cc(Nc3nc(=O)n(CC4COC(C)(C)OC4)c(=O)n3Cc3ccc(Cl)cc3)ccc2o1. The minimum atomic E-state index is -0.684. The monoisotopic (exact) mass is 524 g/mol. The van der Waals surface area contributed by atoms with Gasteiger partial charge in [0, 0.05) is 35.0 Å². The zero-order valence-corrected chi connectivity index (χ0v) is 21.7. The van der Waals surface area contributed by atoms with Crippen molar-refractivity contribution in [3.63, 3.8) is 0 Å². The number of furan rings is 1. The van der Waals surface area contributed by atoms with Crippen LogP contribution in [0.2, 0.25) is 5.02 Å². The molecule has 0 saturated carbocycles. The molecule has 194 valence electrons. The Balaban J connectivity index is 1.51. The van der Waals surface area contributed by atoms with Crippen LogP contribution in [0.1, 0.15) is 32.1 Å². The number of halogens is 1. The van der Waals surface area contributed by atoms with E-state index in [-0.39, 0.29) is 25.0 Å². The van der Waals surface area contributed by atoms with Gasteiger partial charge in [0.15, 0.2) is 5.79 Å². The van der Waals surface area contributed by atoms with Crippen LogP contribution in [0.3, 0.4) is 0 Å². The quantitative estimate of drug-likeness (QED) is 0.378. The van der Waals surface area contributed by atoms with E-state index in [9.17, 15) is 9.59 Å². The number of rotatable bonds is 7. The lowest BCUT2D eigenvalue weighted by Crippen LogP contribution is -2.47. The molecule has 0 unspecified atom stereocenters. The van der Waals surface area contributed by atoms with Crippen molar-refractivity contribution >= 4 is 34.2 Å². The van der Waals surface area contributed by atoms with Gasteiger partial charge >= 0.3 is 11.4 Å². The molecule has 9 nitrogen and oxygen atoms in total. The number of aromatic nitrogens is 3. The van der Waals surface area contributed by atoms with Crippen molar-refractivity contribution in [2.45, 2.75) is 46.1 Å². The Kier molecular flexibility index (Phi) is 6.94. The van der Waals surface area contributed by atoms with Gasteiger partial charge in [0.1, 0.15) is 11.3 Å². The maximum Gasteiger partial charge on any atom is 0.354 e. The first kappa shape index (κ1) is 25.3.